The zero-order valence-electron chi connectivity index (χ0n) is 36.8. The summed E-state index contributed by atoms with van der Waals surface area (Å²) in [7, 11) is -2.98. The lowest BCUT2D eigenvalue weighted by molar-refractivity contribution is -0.201. The molecular formula is C46H61ClFN6O8P. The van der Waals surface area contributed by atoms with Gasteiger partial charge >= 0.3 is 7.82 Å². The van der Waals surface area contributed by atoms with Gasteiger partial charge in [0.05, 0.1) is 48.3 Å². The summed E-state index contributed by atoms with van der Waals surface area (Å²) in [5, 5.41) is 14.0. The topological polar surface area (TPSA) is 174 Å². The van der Waals surface area contributed by atoms with E-state index in [0.717, 1.165) is 25.7 Å². The van der Waals surface area contributed by atoms with E-state index in [0.29, 0.717) is 23.2 Å². The highest BCUT2D eigenvalue weighted by Gasteiger charge is 2.64. The Bertz CT molecular complexity index is 2220. The molecule has 1 unspecified atom stereocenters. The first-order valence-corrected chi connectivity index (χ1v) is 23.9. The van der Waals surface area contributed by atoms with Crippen molar-refractivity contribution in [3.05, 3.63) is 88.6 Å². The number of nitrogen functional groups attached to an aromatic ring is 1. The molecule has 17 heteroatoms. The number of ether oxygens (including phenoxy) is 4. The summed E-state index contributed by atoms with van der Waals surface area (Å²) in [6, 6.07) is 16.2. The molecule has 63 heavy (non-hydrogen) atoms. The summed E-state index contributed by atoms with van der Waals surface area (Å²) in [5.74, 6) is -1.21. The van der Waals surface area contributed by atoms with Gasteiger partial charge in [-0.1, -0.05) is 108 Å². The number of unbranched alkanes of at least 4 members (excludes halogenated alkanes) is 11. The highest BCUT2D eigenvalue weighted by atomic mass is 35.5. The van der Waals surface area contributed by atoms with Crippen LogP contribution in [0.3, 0.4) is 0 Å². The van der Waals surface area contributed by atoms with E-state index in [2.05, 4.69) is 22.0 Å². The molecule has 0 spiro atoms. The second-order valence-corrected chi connectivity index (χ2v) is 18.7. The summed E-state index contributed by atoms with van der Waals surface area (Å²) in [5.41, 5.74) is 6.56. The second kappa shape index (κ2) is 22.8. The number of aliphatic imine (C=N–C) groups is 1. The third-order valence-electron chi connectivity index (χ3n) is 11.3. The van der Waals surface area contributed by atoms with Crippen LogP contribution in [0.5, 0.6) is 5.75 Å². The van der Waals surface area contributed by atoms with Crippen LogP contribution in [0.4, 0.5) is 10.2 Å². The molecular weight excluding hydrogens is 850 g/mol. The van der Waals surface area contributed by atoms with Gasteiger partial charge < -0.3 is 29.2 Å². The van der Waals surface area contributed by atoms with E-state index >= 15 is 0 Å². The number of nitrogens with two attached hydrogens (primary N) is 1. The van der Waals surface area contributed by atoms with Gasteiger partial charge in [0.2, 0.25) is 0 Å². The Morgan fingerprint density at radius 3 is 2.41 bits per heavy atom. The lowest BCUT2D eigenvalue weighted by atomic mass is 9.96. The molecule has 2 saturated heterocycles. The Balaban J connectivity index is 1.19. The fraction of sp³-hybridized carbons (Fsp3) is 0.565. The summed E-state index contributed by atoms with van der Waals surface area (Å²) in [6.45, 7) is 5.19. The molecule has 2 N–H and O–H groups in total. The molecule has 2 aromatic heterocycles. The standard InChI is InChI=1S/C46H61ClFN6O8P/c1-5-6-7-8-9-10-11-12-13-14-15-16-19-36(56-28-34-24-33(27-49)25-35(48)26-34)29-57-63(55,62-40-21-18-17-20-37(40)47)58-31-46(30-51-4)43-42(59-45(2,3)61-43)41(60-46)38-22-23-39-44(50)52-32-53-54(38)39/h17-18,20-26,30,32,36,41-43H,5-16,19,28-29,31H2,1-4H3,(H2,50,52,53)/t36-,41-,42-,43-,46+,63?/m0/s1. The number of hydrogen-bond donors (Lipinski definition) is 1. The first-order valence-electron chi connectivity index (χ1n) is 22.1. The molecule has 2 fully saturated rings. The highest BCUT2D eigenvalue weighted by Crippen LogP contribution is 2.55. The average molecular weight is 911 g/mol. The third-order valence-corrected chi connectivity index (χ3v) is 12.9. The van der Waals surface area contributed by atoms with Gasteiger partial charge in [-0.15, -0.1) is 0 Å². The van der Waals surface area contributed by atoms with Crippen molar-refractivity contribution in [2.24, 2.45) is 4.99 Å². The maximum atomic E-state index is 15.0. The van der Waals surface area contributed by atoms with Crippen molar-refractivity contribution in [1.29, 1.82) is 5.26 Å². The smallest absolute Gasteiger partial charge is 0.402 e. The van der Waals surface area contributed by atoms with Gasteiger partial charge in [-0.2, -0.15) is 10.4 Å². The van der Waals surface area contributed by atoms with Crippen LogP contribution in [-0.4, -0.2) is 70.8 Å². The molecule has 4 aromatic rings. The molecule has 0 radical (unpaired) electrons. The monoisotopic (exact) mass is 910 g/mol. The number of nitrogens with zero attached hydrogens (tertiary/aromatic N) is 5. The predicted molar refractivity (Wildman–Crippen MR) is 239 cm³/mol. The number of aromatic nitrogens is 3. The van der Waals surface area contributed by atoms with Crippen LogP contribution in [0, 0.1) is 17.1 Å². The SMILES string of the molecule is CCCCCCCCCCCCCC[C@@H](COP(=O)(OC[C@@]1(C=NC)O[C@@H](c2ccc3c(N)ncnn23)[C@@H]2OC(C)(C)O[C@@H]21)Oc1ccccc1Cl)OCc1cc(F)cc(C#N)c1. The van der Waals surface area contributed by atoms with Gasteiger partial charge in [-0.05, 0) is 68.3 Å². The molecule has 0 bridgehead atoms. The summed E-state index contributed by atoms with van der Waals surface area (Å²) < 4.78 is 75.5. The number of nitriles is 1. The van der Waals surface area contributed by atoms with Crippen molar-refractivity contribution in [2.45, 2.75) is 147 Å². The normalized spacial score (nSPS) is 22.0. The molecule has 2 aromatic carbocycles. The summed E-state index contributed by atoms with van der Waals surface area (Å²) >= 11 is 6.52. The first kappa shape index (κ1) is 48.5. The minimum atomic E-state index is -4.57. The zero-order valence-corrected chi connectivity index (χ0v) is 38.4. The Morgan fingerprint density at radius 2 is 1.71 bits per heavy atom. The Kier molecular flexibility index (Phi) is 17.5. The predicted octanol–water partition coefficient (Wildman–Crippen LogP) is 10.9. The van der Waals surface area contributed by atoms with Crippen LogP contribution in [0.15, 0.2) is 65.9 Å². The average Bonchev–Trinajstić information content (AvgIpc) is 3.92. The maximum absolute atomic E-state index is 15.0. The first-order chi connectivity index (χ1) is 30.4. The van der Waals surface area contributed by atoms with Crippen molar-refractivity contribution < 1.29 is 41.5 Å². The highest BCUT2D eigenvalue weighted by molar-refractivity contribution is 7.49. The number of para-hydroxylation sites is 1. The Labute approximate surface area is 375 Å². The van der Waals surface area contributed by atoms with Gasteiger partial charge in [-0.3, -0.25) is 14.0 Å². The van der Waals surface area contributed by atoms with Crippen LogP contribution >= 0.6 is 19.4 Å². The van der Waals surface area contributed by atoms with E-state index in [1.807, 2.05) is 12.1 Å². The molecule has 6 rings (SSSR count). The molecule has 342 valence electrons. The van der Waals surface area contributed by atoms with E-state index in [1.54, 1.807) is 68.0 Å². The molecule has 0 aliphatic carbocycles. The van der Waals surface area contributed by atoms with Crippen molar-refractivity contribution in [2.75, 3.05) is 26.0 Å². The number of phosphoric ester groups is 1. The van der Waals surface area contributed by atoms with Crippen LogP contribution in [0.2, 0.25) is 5.02 Å². The molecule has 2 aliphatic heterocycles. The number of rotatable bonds is 26. The number of halogens is 2. The van der Waals surface area contributed by atoms with Crippen molar-refractivity contribution >= 4 is 37.0 Å². The van der Waals surface area contributed by atoms with Crippen molar-refractivity contribution in [3.8, 4) is 11.8 Å². The number of benzene rings is 2. The second-order valence-electron chi connectivity index (χ2n) is 16.7. The van der Waals surface area contributed by atoms with E-state index in [-0.39, 0.29) is 35.4 Å². The zero-order chi connectivity index (χ0) is 44.9. The van der Waals surface area contributed by atoms with E-state index in [1.165, 1.54) is 69.8 Å². The van der Waals surface area contributed by atoms with Gasteiger partial charge in [0.25, 0.3) is 0 Å². The van der Waals surface area contributed by atoms with Gasteiger partial charge in [0.15, 0.2) is 17.2 Å². The molecule has 0 amide bonds. The molecule has 14 nitrogen and oxygen atoms in total. The van der Waals surface area contributed by atoms with E-state index < -0.39 is 56.1 Å². The van der Waals surface area contributed by atoms with E-state index in [9.17, 15) is 14.2 Å². The Morgan fingerprint density at radius 1 is 1.00 bits per heavy atom. The Hall–Kier alpha value is -3.97. The number of hydrogen-bond acceptors (Lipinski definition) is 13. The minimum Gasteiger partial charge on any atom is -0.402 e. The van der Waals surface area contributed by atoms with Crippen LogP contribution in [0.1, 0.15) is 127 Å². The van der Waals surface area contributed by atoms with Crippen LogP contribution < -0.4 is 10.3 Å². The number of fused-ring (bicyclic) bond motifs is 2. The van der Waals surface area contributed by atoms with Crippen LogP contribution in [0.25, 0.3) is 5.52 Å². The summed E-state index contributed by atoms with van der Waals surface area (Å²) in [6.07, 6.45) is 14.8. The van der Waals surface area contributed by atoms with E-state index in [4.69, 9.17) is 49.9 Å². The van der Waals surface area contributed by atoms with Gasteiger partial charge in [0.1, 0.15) is 41.7 Å². The molecule has 0 saturated carbocycles. The fourth-order valence-electron chi connectivity index (χ4n) is 8.18. The van der Waals surface area contributed by atoms with Crippen molar-refractivity contribution in [1.82, 2.24) is 14.6 Å². The summed E-state index contributed by atoms with van der Waals surface area (Å²) in [4.78, 5) is 8.45. The van der Waals surface area contributed by atoms with Crippen LogP contribution in [-0.2, 0) is 39.2 Å². The maximum Gasteiger partial charge on any atom is 0.530 e. The lowest BCUT2D eigenvalue weighted by Gasteiger charge is -2.32. The number of phosphoric acid groups is 1. The quantitative estimate of drug-likeness (QED) is 0.0359. The molecule has 4 heterocycles. The minimum absolute atomic E-state index is 0.0122. The van der Waals surface area contributed by atoms with Gasteiger partial charge in [0, 0.05) is 13.3 Å². The fourth-order valence-corrected chi connectivity index (χ4v) is 9.69. The third kappa shape index (κ3) is 13.1. The largest absolute Gasteiger partial charge is 0.530 e. The lowest BCUT2D eigenvalue weighted by Crippen LogP contribution is -2.48. The number of anilines is 1. The van der Waals surface area contributed by atoms with Gasteiger partial charge in [-0.25, -0.2) is 18.5 Å². The molecule has 6 atom stereocenters. The molecule has 2 aliphatic rings. The van der Waals surface area contributed by atoms with Crippen molar-refractivity contribution in [3.63, 3.8) is 0 Å².